The highest BCUT2D eigenvalue weighted by atomic mass is 16.6. The van der Waals surface area contributed by atoms with Crippen molar-refractivity contribution in [2.45, 2.75) is 18.6 Å². The highest BCUT2D eigenvalue weighted by Crippen LogP contribution is 2.31. The van der Waals surface area contributed by atoms with Crippen molar-refractivity contribution in [3.63, 3.8) is 0 Å². The van der Waals surface area contributed by atoms with Crippen LogP contribution in [0.4, 0.5) is 0 Å². The zero-order valence-corrected chi connectivity index (χ0v) is 8.56. The Kier molecular flexibility index (Phi) is 2.92. The topological polar surface area (TPSA) is 44.5 Å². The van der Waals surface area contributed by atoms with Crippen LogP contribution < -0.4 is 15.2 Å². The molecule has 2 N–H and O–H groups in total. The maximum atomic E-state index is 5.94. The summed E-state index contributed by atoms with van der Waals surface area (Å²) in [6.45, 7) is 4.17. The van der Waals surface area contributed by atoms with Crippen molar-refractivity contribution in [2.24, 2.45) is 5.73 Å². The van der Waals surface area contributed by atoms with Crippen LogP contribution in [0.25, 0.3) is 0 Å². The first-order valence-electron chi connectivity index (χ1n) is 5.06. The first kappa shape index (κ1) is 10.1. The summed E-state index contributed by atoms with van der Waals surface area (Å²) in [6.07, 6.45) is 2.45. The van der Waals surface area contributed by atoms with Crippen LogP contribution in [0.3, 0.4) is 0 Å². The van der Waals surface area contributed by atoms with Gasteiger partial charge in [-0.1, -0.05) is 18.2 Å². The molecule has 2 atom stereocenters. The van der Waals surface area contributed by atoms with E-state index in [4.69, 9.17) is 15.2 Å². The standard InChI is InChI=1S/C12H15NO2/c1-2-5-9(13)12-8-14-10-6-3-4-7-11(10)15-12/h2-4,6-7,9,12H,1,5,8,13H2. The summed E-state index contributed by atoms with van der Waals surface area (Å²) in [7, 11) is 0. The summed E-state index contributed by atoms with van der Waals surface area (Å²) >= 11 is 0. The van der Waals surface area contributed by atoms with Gasteiger partial charge in [-0.15, -0.1) is 6.58 Å². The Morgan fingerprint density at radius 2 is 2.20 bits per heavy atom. The average Bonchev–Trinajstić information content (AvgIpc) is 2.29. The van der Waals surface area contributed by atoms with E-state index < -0.39 is 0 Å². The second-order valence-electron chi connectivity index (χ2n) is 3.60. The number of benzene rings is 1. The fourth-order valence-corrected chi connectivity index (χ4v) is 1.59. The molecule has 0 saturated carbocycles. The summed E-state index contributed by atoms with van der Waals surface area (Å²) in [5.41, 5.74) is 5.94. The lowest BCUT2D eigenvalue weighted by atomic mass is 10.1. The van der Waals surface area contributed by atoms with Crippen LogP contribution >= 0.6 is 0 Å². The maximum absolute atomic E-state index is 5.94. The molecule has 1 aromatic rings. The van der Waals surface area contributed by atoms with Gasteiger partial charge in [0.15, 0.2) is 11.5 Å². The lowest BCUT2D eigenvalue weighted by Crippen LogP contribution is -2.44. The normalized spacial score (nSPS) is 20.7. The van der Waals surface area contributed by atoms with Crippen molar-refractivity contribution in [1.29, 1.82) is 0 Å². The number of fused-ring (bicyclic) bond motifs is 1. The quantitative estimate of drug-likeness (QED) is 0.764. The Morgan fingerprint density at radius 1 is 1.47 bits per heavy atom. The van der Waals surface area contributed by atoms with Gasteiger partial charge in [-0.2, -0.15) is 0 Å². The fraction of sp³-hybridized carbons (Fsp3) is 0.333. The average molecular weight is 205 g/mol. The van der Waals surface area contributed by atoms with Crippen LogP contribution in [0.1, 0.15) is 6.42 Å². The van der Waals surface area contributed by atoms with Gasteiger partial charge in [0.25, 0.3) is 0 Å². The Hall–Kier alpha value is -1.48. The Labute approximate surface area is 89.5 Å². The van der Waals surface area contributed by atoms with E-state index in [-0.39, 0.29) is 12.1 Å². The van der Waals surface area contributed by atoms with Crippen LogP contribution in [-0.2, 0) is 0 Å². The van der Waals surface area contributed by atoms with Crippen LogP contribution in [0, 0.1) is 0 Å². The smallest absolute Gasteiger partial charge is 0.161 e. The van der Waals surface area contributed by atoms with E-state index in [9.17, 15) is 0 Å². The molecule has 0 spiro atoms. The van der Waals surface area contributed by atoms with Gasteiger partial charge in [0.2, 0.25) is 0 Å². The van der Waals surface area contributed by atoms with E-state index >= 15 is 0 Å². The van der Waals surface area contributed by atoms with Gasteiger partial charge >= 0.3 is 0 Å². The van der Waals surface area contributed by atoms with Gasteiger partial charge in [-0.3, -0.25) is 0 Å². The summed E-state index contributed by atoms with van der Waals surface area (Å²) in [5, 5.41) is 0. The molecule has 80 valence electrons. The first-order valence-corrected chi connectivity index (χ1v) is 5.06. The summed E-state index contributed by atoms with van der Waals surface area (Å²) in [4.78, 5) is 0. The first-order chi connectivity index (χ1) is 7.31. The van der Waals surface area contributed by atoms with E-state index in [1.165, 1.54) is 0 Å². The van der Waals surface area contributed by atoms with Crippen molar-refractivity contribution in [2.75, 3.05) is 6.61 Å². The number of rotatable bonds is 3. The van der Waals surface area contributed by atoms with E-state index in [2.05, 4.69) is 6.58 Å². The Balaban J connectivity index is 2.08. The minimum Gasteiger partial charge on any atom is -0.486 e. The zero-order chi connectivity index (χ0) is 10.7. The second-order valence-corrected chi connectivity index (χ2v) is 3.60. The SMILES string of the molecule is C=CCC(N)C1COc2ccccc2O1. The molecule has 0 fully saturated rings. The molecule has 3 heteroatoms. The van der Waals surface area contributed by atoms with E-state index in [0.29, 0.717) is 6.61 Å². The van der Waals surface area contributed by atoms with Crippen molar-refractivity contribution < 1.29 is 9.47 Å². The molecule has 0 aliphatic carbocycles. The molecule has 0 bridgehead atoms. The van der Waals surface area contributed by atoms with Crippen LogP contribution in [0.15, 0.2) is 36.9 Å². The molecular formula is C12H15NO2. The third-order valence-corrected chi connectivity index (χ3v) is 2.45. The lowest BCUT2D eigenvalue weighted by Gasteiger charge is -2.29. The molecule has 1 aliphatic rings. The zero-order valence-electron chi connectivity index (χ0n) is 8.56. The molecule has 1 aliphatic heterocycles. The largest absolute Gasteiger partial charge is 0.486 e. The van der Waals surface area contributed by atoms with Gasteiger partial charge in [-0.25, -0.2) is 0 Å². The minimum absolute atomic E-state index is 0.0594. The second kappa shape index (κ2) is 4.36. The van der Waals surface area contributed by atoms with Crippen molar-refractivity contribution in [3.8, 4) is 11.5 Å². The van der Waals surface area contributed by atoms with Crippen LogP contribution in [-0.4, -0.2) is 18.8 Å². The number of nitrogens with two attached hydrogens (primary N) is 1. The highest BCUT2D eigenvalue weighted by molar-refractivity contribution is 5.40. The van der Waals surface area contributed by atoms with E-state index in [1.807, 2.05) is 24.3 Å². The van der Waals surface area contributed by atoms with Crippen LogP contribution in [0.2, 0.25) is 0 Å². The highest BCUT2D eigenvalue weighted by Gasteiger charge is 2.25. The summed E-state index contributed by atoms with van der Waals surface area (Å²) in [6, 6.07) is 7.57. The monoisotopic (exact) mass is 205 g/mol. The number of hydrogen-bond donors (Lipinski definition) is 1. The molecular weight excluding hydrogens is 190 g/mol. The molecule has 1 aromatic carbocycles. The number of hydrogen-bond acceptors (Lipinski definition) is 3. The summed E-state index contributed by atoms with van der Waals surface area (Å²) < 4.78 is 11.3. The molecule has 0 amide bonds. The minimum atomic E-state index is -0.0853. The van der Waals surface area contributed by atoms with Crippen molar-refractivity contribution >= 4 is 0 Å². The van der Waals surface area contributed by atoms with Gasteiger partial charge < -0.3 is 15.2 Å². The molecule has 2 unspecified atom stereocenters. The number of para-hydroxylation sites is 2. The fourth-order valence-electron chi connectivity index (χ4n) is 1.59. The Bertz CT molecular complexity index is 351. The summed E-state index contributed by atoms with van der Waals surface area (Å²) in [5.74, 6) is 1.56. The molecule has 0 radical (unpaired) electrons. The third-order valence-electron chi connectivity index (χ3n) is 2.45. The Morgan fingerprint density at radius 3 is 2.93 bits per heavy atom. The van der Waals surface area contributed by atoms with Gasteiger partial charge in [-0.05, 0) is 18.6 Å². The van der Waals surface area contributed by atoms with Gasteiger partial charge in [0.1, 0.15) is 12.7 Å². The molecule has 15 heavy (non-hydrogen) atoms. The lowest BCUT2D eigenvalue weighted by molar-refractivity contribution is 0.0729. The number of ether oxygens (including phenoxy) is 2. The van der Waals surface area contributed by atoms with Gasteiger partial charge in [0.05, 0.1) is 0 Å². The van der Waals surface area contributed by atoms with E-state index in [0.717, 1.165) is 17.9 Å². The third kappa shape index (κ3) is 2.13. The predicted octanol–water partition coefficient (Wildman–Crippen LogP) is 1.73. The van der Waals surface area contributed by atoms with Crippen molar-refractivity contribution in [1.82, 2.24) is 0 Å². The molecule has 1 heterocycles. The maximum Gasteiger partial charge on any atom is 0.161 e. The predicted molar refractivity (Wildman–Crippen MR) is 59.1 cm³/mol. The van der Waals surface area contributed by atoms with E-state index in [1.54, 1.807) is 6.08 Å². The molecule has 0 saturated heterocycles. The van der Waals surface area contributed by atoms with Gasteiger partial charge in [0, 0.05) is 6.04 Å². The molecule has 0 aromatic heterocycles. The van der Waals surface area contributed by atoms with Crippen molar-refractivity contribution in [3.05, 3.63) is 36.9 Å². The molecule has 2 rings (SSSR count). The molecule has 3 nitrogen and oxygen atoms in total. The van der Waals surface area contributed by atoms with Crippen LogP contribution in [0.5, 0.6) is 11.5 Å².